The summed E-state index contributed by atoms with van der Waals surface area (Å²) in [4.78, 5) is 42.1. The Bertz CT molecular complexity index is 1460. The fourth-order valence-electron chi connectivity index (χ4n) is 4.62. The Morgan fingerprint density at radius 1 is 1.03 bits per heavy atom. The average molecular weight is 470 g/mol. The number of hydrogen-bond acceptors (Lipinski definition) is 4. The molecule has 4 amide bonds. The van der Waals surface area contributed by atoms with Crippen molar-refractivity contribution in [3.63, 3.8) is 0 Å². The molecule has 1 aliphatic rings. The summed E-state index contributed by atoms with van der Waals surface area (Å²) < 4.78 is 5.43. The number of urea groups is 1. The average Bonchev–Trinajstić information content (AvgIpc) is 3.38. The van der Waals surface area contributed by atoms with Crippen LogP contribution in [0.4, 0.5) is 4.79 Å². The van der Waals surface area contributed by atoms with Crippen molar-refractivity contribution in [1.29, 1.82) is 0 Å². The lowest BCUT2D eigenvalue weighted by Gasteiger charge is -2.26. The lowest BCUT2D eigenvalue weighted by molar-refractivity contribution is -0.122. The maximum Gasteiger partial charge on any atom is 0.330 e. The molecule has 1 aliphatic heterocycles. The van der Waals surface area contributed by atoms with Gasteiger partial charge in [0.15, 0.2) is 0 Å². The number of aromatic amines is 1. The first-order valence-corrected chi connectivity index (χ1v) is 11.0. The predicted octanol–water partition coefficient (Wildman–Crippen LogP) is 3.09. The number of hydrazine groups is 1. The molecular formula is C26H23N5O4. The van der Waals surface area contributed by atoms with Gasteiger partial charge in [-0.15, -0.1) is 0 Å². The van der Waals surface area contributed by atoms with Crippen LogP contribution in [0.1, 0.15) is 27.5 Å². The SMILES string of the molecule is COc1cccc(-c2[nH]c3ccccc3c2[C@H]2c3ccccc3C(=O)N2CC(=O)NNC(N)=O)c1. The second kappa shape index (κ2) is 8.86. The van der Waals surface area contributed by atoms with Gasteiger partial charge in [-0.1, -0.05) is 48.5 Å². The lowest BCUT2D eigenvalue weighted by Crippen LogP contribution is -2.49. The van der Waals surface area contributed by atoms with Crippen LogP contribution in [0.3, 0.4) is 0 Å². The van der Waals surface area contributed by atoms with Gasteiger partial charge in [-0.25, -0.2) is 10.2 Å². The fourth-order valence-corrected chi connectivity index (χ4v) is 4.62. The number of hydrogen-bond donors (Lipinski definition) is 4. The Balaban J connectivity index is 1.69. The minimum Gasteiger partial charge on any atom is -0.497 e. The Hall–Kier alpha value is -4.79. The third kappa shape index (κ3) is 3.93. The van der Waals surface area contributed by atoms with E-state index in [9.17, 15) is 14.4 Å². The smallest absolute Gasteiger partial charge is 0.330 e. The van der Waals surface area contributed by atoms with Gasteiger partial charge in [-0.05, 0) is 29.8 Å². The van der Waals surface area contributed by atoms with Crippen LogP contribution in [-0.4, -0.2) is 41.4 Å². The number of para-hydroxylation sites is 1. The van der Waals surface area contributed by atoms with Gasteiger partial charge in [0.1, 0.15) is 12.3 Å². The molecule has 0 aliphatic carbocycles. The van der Waals surface area contributed by atoms with Crippen LogP contribution >= 0.6 is 0 Å². The number of amides is 4. The molecule has 5 rings (SSSR count). The zero-order chi connectivity index (χ0) is 24.5. The van der Waals surface area contributed by atoms with Crippen molar-refractivity contribution >= 4 is 28.7 Å². The van der Waals surface area contributed by atoms with Gasteiger partial charge in [0.05, 0.1) is 18.8 Å². The number of nitrogens with two attached hydrogens (primary N) is 1. The zero-order valence-corrected chi connectivity index (χ0v) is 18.9. The van der Waals surface area contributed by atoms with Crippen molar-refractivity contribution in [3.05, 3.63) is 89.5 Å². The van der Waals surface area contributed by atoms with Gasteiger partial charge in [-0.3, -0.25) is 15.0 Å². The van der Waals surface area contributed by atoms with E-state index >= 15 is 0 Å². The molecule has 1 atom stereocenters. The molecule has 5 N–H and O–H groups in total. The highest BCUT2D eigenvalue weighted by Gasteiger charge is 2.41. The first kappa shape index (κ1) is 22.0. The fraction of sp³-hybridized carbons (Fsp3) is 0.115. The molecule has 0 saturated heterocycles. The highest BCUT2D eigenvalue weighted by molar-refractivity contribution is 6.03. The van der Waals surface area contributed by atoms with Crippen molar-refractivity contribution in [3.8, 4) is 17.0 Å². The molecule has 3 aromatic carbocycles. The summed E-state index contributed by atoms with van der Waals surface area (Å²) in [5.74, 6) is -0.150. The highest BCUT2D eigenvalue weighted by Crippen LogP contribution is 2.45. The Kier molecular flexibility index (Phi) is 5.58. The lowest BCUT2D eigenvalue weighted by atomic mass is 9.93. The number of fused-ring (bicyclic) bond motifs is 2. The number of carbonyl (C=O) groups excluding carboxylic acids is 3. The first-order valence-electron chi connectivity index (χ1n) is 11.0. The largest absolute Gasteiger partial charge is 0.497 e. The number of carbonyl (C=O) groups is 3. The zero-order valence-electron chi connectivity index (χ0n) is 18.9. The van der Waals surface area contributed by atoms with Gasteiger partial charge in [0.25, 0.3) is 11.8 Å². The second-order valence-corrected chi connectivity index (χ2v) is 8.15. The van der Waals surface area contributed by atoms with Crippen molar-refractivity contribution in [2.24, 2.45) is 5.73 Å². The standard InChI is InChI=1S/C26H23N5O4/c1-35-16-8-6-7-15(13-16)23-22(19-11-4-5-12-20(19)28-23)24-17-9-2-3-10-18(17)25(33)31(24)14-21(32)29-30-26(27)34/h2-13,24,28H,14H2,1H3,(H,29,32)(H3,27,30,34)/t24-/m1/s1. The van der Waals surface area contributed by atoms with Crippen molar-refractivity contribution in [2.75, 3.05) is 13.7 Å². The third-order valence-electron chi connectivity index (χ3n) is 6.08. The Labute approximate surface area is 200 Å². The number of nitrogens with zero attached hydrogens (tertiary/aromatic N) is 1. The van der Waals surface area contributed by atoms with Crippen molar-refractivity contribution in [2.45, 2.75) is 6.04 Å². The number of aromatic nitrogens is 1. The van der Waals surface area contributed by atoms with Crippen molar-refractivity contribution in [1.82, 2.24) is 20.7 Å². The quantitative estimate of drug-likeness (QED) is 0.335. The molecular weight excluding hydrogens is 446 g/mol. The van der Waals surface area contributed by atoms with E-state index < -0.39 is 18.0 Å². The summed E-state index contributed by atoms with van der Waals surface area (Å²) in [5.41, 5.74) is 14.1. The Morgan fingerprint density at radius 2 is 1.80 bits per heavy atom. The number of ether oxygens (including phenoxy) is 1. The summed E-state index contributed by atoms with van der Waals surface area (Å²) in [6.45, 7) is -0.282. The topological polar surface area (TPSA) is 130 Å². The molecule has 176 valence electrons. The number of benzene rings is 3. The molecule has 35 heavy (non-hydrogen) atoms. The summed E-state index contributed by atoms with van der Waals surface area (Å²) >= 11 is 0. The molecule has 2 heterocycles. The second-order valence-electron chi connectivity index (χ2n) is 8.15. The molecule has 1 aromatic heterocycles. The number of H-pyrrole nitrogens is 1. The van der Waals surface area contributed by atoms with Crippen LogP contribution in [0.25, 0.3) is 22.2 Å². The third-order valence-corrected chi connectivity index (χ3v) is 6.08. The van der Waals surface area contributed by atoms with E-state index in [1.807, 2.05) is 60.7 Å². The van der Waals surface area contributed by atoms with Gasteiger partial charge >= 0.3 is 6.03 Å². The predicted molar refractivity (Wildman–Crippen MR) is 130 cm³/mol. The van der Waals surface area contributed by atoms with Crippen LogP contribution in [0.15, 0.2) is 72.8 Å². The van der Waals surface area contributed by atoms with E-state index in [0.717, 1.165) is 33.3 Å². The Morgan fingerprint density at radius 3 is 2.60 bits per heavy atom. The molecule has 4 aromatic rings. The minimum absolute atomic E-state index is 0.276. The van der Waals surface area contributed by atoms with Gasteiger partial charge in [-0.2, -0.15) is 0 Å². The van der Waals surface area contributed by atoms with Gasteiger partial charge in [0.2, 0.25) is 0 Å². The van der Waals surface area contributed by atoms with Gasteiger partial charge in [0, 0.05) is 27.6 Å². The van der Waals surface area contributed by atoms with E-state index in [0.29, 0.717) is 11.3 Å². The summed E-state index contributed by atoms with van der Waals surface area (Å²) in [5, 5.41) is 0.931. The molecule has 0 bridgehead atoms. The number of methoxy groups -OCH3 is 1. The normalized spacial score (nSPS) is 14.6. The van der Waals surface area contributed by atoms with Crippen molar-refractivity contribution < 1.29 is 19.1 Å². The molecule has 0 saturated carbocycles. The maximum atomic E-state index is 13.5. The van der Waals surface area contributed by atoms with E-state index in [1.54, 1.807) is 19.2 Å². The van der Waals surface area contributed by atoms with Crippen LogP contribution in [0.5, 0.6) is 5.75 Å². The van der Waals surface area contributed by atoms with Crippen LogP contribution in [-0.2, 0) is 4.79 Å². The molecule has 0 fully saturated rings. The summed E-state index contributed by atoms with van der Waals surface area (Å²) in [6.07, 6.45) is 0. The highest BCUT2D eigenvalue weighted by atomic mass is 16.5. The monoisotopic (exact) mass is 469 g/mol. The number of primary amides is 1. The molecule has 9 heteroatoms. The van der Waals surface area contributed by atoms with Gasteiger partial charge < -0.3 is 20.4 Å². The maximum absolute atomic E-state index is 13.5. The summed E-state index contributed by atoms with van der Waals surface area (Å²) in [6, 6.07) is 21.4. The van der Waals surface area contributed by atoms with E-state index in [-0.39, 0.29) is 12.5 Å². The summed E-state index contributed by atoms with van der Waals surface area (Å²) in [7, 11) is 1.61. The number of nitrogens with one attached hydrogen (secondary N) is 3. The van der Waals surface area contributed by atoms with E-state index in [2.05, 4.69) is 15.8 Å². The minimum atomic E-state index is -0.900. The van der Waals surface area contributed by atoms with Crippen LogP contribution in [0.2, 0.25) is 0 Å². The molecule has 0 unspecified atom stereocenters. The van der Waals surface area contributed by atoms with Crippen LogP contribution < -0.4 is 21.3 Å². The number of rotatable bonds is 5. The van der Waals surface area contributed by atoms with E-state index in [1.165, 1.54) is 4.90 Å². The first-order chi connectivity index (χ1) is 17.0. The molecule has 0 spiro atoms. The molecule has 0 radical (unpaired) electrons. The van der Waals surface area contributed by atoms with E-state index in [4.69, 9.17) is 10.5 Å². The van der Waals surface area contributed by atoms with Crippen LogP contribution in [0, 0.1) is 0 Å². The molecule has 9 nitrogen and oxygen atoms in total.